The summed E-state index contributed by atoms with van der Waals surface area (Å²) in [5.74, 6) is -3.50. The number of hydrogen-bond donors (Lipinski definition) is 0. The van der Waals surface area contributed by atoms with Crippen molar-refractivity contribution in [3.8, 4) is 11.5 Å². The first-order valence-electron chi connectivity index (χ1n) is 10.2. The second-order valence-corrected chi connectivity index (χ2v) is 7.31. The number of hydroxylamine groups is 4. The van der Waals surface area contributed by atoms with E-state index in [0.29, 0.717) is 32.4 Å². The van der Waals surface area contributed by atoms with Gasteiger partial charge in [0.1, 0.15) is 11.5 Å². The molecule has 0 N–H and O–H groups in total. The molecular weight excluding hydrogens is 452 g/mol. The molecule has 4 amide bonds. The van der Waals surface area contributed by atoms with E-state index in [1.165, 1.54) is 0 Å². The van der Waals surface area contributed by atoms with Gasteiger partial charge < -0.3 is 19.1 Å². The maximum atomic E-state index is 12.0. The molecule has 12 heteroatoms. The molecule has 0 bridgehead atoms. The van der Waals surface area contributed by atoms with Crippen LogP contribution in [-0.4, -0.2) is 58.9 Å². The zero-order valence-corrected chi connectivity index (χ0v) is 17.7. The molecule has 2 aromatic carbocycles. The number of benzene rings is 2. The van der Waals surface area contributed by atoms with E-state index in [-0.39, 0.29) is 25.7 Å². The van der Waals surface area contributed by atoms with E-state index in [0.717, 1.165) is 0 Å². The summed E-state index contributed by atoms with van der Waals surface area (Å²) in [6.07, 6.45) is -0.0254. The third-order valence-electron chi connectivity index (χ3n) is 4.91. The Morgan fingerprint density at radius 1 is 0.706 bits per heavy atom. The van der Waals surface area contributed by atoms with E-state index in [4.69, 9.17) is 19.1 Å². The van der Waals surface area contributed by atoms with Gasteiger partial charge in [-0.15, -0.1) is 10.1 Å². The molecule has 0 aromatic heterocycles. The summed E-state index contributed by atoms with van der Waals surface area (Å²) in [6, 6.07) is 9.82. The molecule has 0 radical (unpaired) electrons. The van der Waals surface area contributed by atoms with Crippen molar-refractivity contribution in [3.05, 3.63) is 36.4 Å². The van der Waals surface area contributed by atoms with Gasteiger partial charge in [0.2, 0.25) is 0 Å². The predicted molar refractivity (Wildman–Crippen MR) is 109 cm³/mol. The zero-order valence-electron chi connectivity index (χ0n) is 17.7. The van der Waals surface area contributed by atoms with Crippen LogP contribution >= 0.6 is 0 Å². The topological polar surface area (TPSA) is 146 Å². The minimum Gasteiger partial charge on any atom is -0.482 e. The lowest BCUT2D eigenvalue weighted by Crippen LogP contribution is -2.34. The van der Waals surface area contributed by atoms with Crippen molar-refractivity contribution in [2.75, 3.05) is 13.2 Å². The Bertz CT molecular complexity index is 1180. The molecule has 176 valence electrons. The van der Waals surface area contributed by atoms with Gasteiger partial charge >= 0.3 is 11.9 Å². The smallest absolute Gasteiger partial charge is 0.370 e. The van der Waals surface area contributed by atoms with Crippen LogP contribution in [-0.2, 0) is 38.4 Å². The highest BCUT2D eigenvalue weighted by Gasteiger charge is 2.33. The van der Waals surface area contributed by atoms with Crippen molar-refractivity contribution in [1.82, 2.24) is 10.1 Å². The van der Waals surface area contributed by atoms with Gasteiger partial charge in [-0.1, -0.05) is 12.1 Å². The quantitative estimate of drug-likeness (QED) is 0.508. The summed E-state index contributed by atoms with van der Waals surface area (Å²) in [5, 5.41) is 2.16. The maximum absolute atomic E-state index is 12.0. The molecule has 2 aromatic rings. The van der Waals surface area contributed by atoms with Crippen molar-refractivity contribution in [2.45, 2.75) is 25.7 Å². The number of amides is 4. The lowest BCUT2D eigenvalue weighted by molar-refractivity contribution is -0.198. The third-order valence-corrected chi connectivity index (χ3v) is 4.91. The lowest BCUT2D eigenvalue weighted by atomic mass is 10.1. The summed E-state index contributed by atoms with van der Waals surface area (Å²) in [7, 11) is 0. The van der Waals surface area contributed by atoms with Crippen molar-refractivity contribution in [1.29, 1.82) is 0 Å². The first-order chi connectivity index (χ1) is 16.3. The monoisotopic (exact) mass is 470 g/mol. The fourth-order valence-corrected chi connectivity index (χ4v) is 3.30. The Morgan fingerprint density at radius 3 is 1.79 bits per heavy atom. The van der Waals surface area contributed by atoms with Crippen LogP contribution in [0.4, 0.5) is 0 Å². The summed E-state index contributed by atoms with van der Waals surface area (Å²) in [4.78, 5) is 79.4. The molecule has 2 heterocycles. The Hall–Kier alpha value is -4.48. The Kier molecular flexibility index (Phi) is 6.39. The average Bonchev–Trinajstić information content (AvgIpc) is 3.31. The molecule has 2 saturated heterocycles. The number of ether oxygens (including phenoxy) is 2. The minimum atomic E-state index is -0.908. The van der Waals surface area contributed by atoms with E-state index >= 15 is 0 Å². The highest BCUT2D eigenvalue weighted by atomic mass is 16.7. The van der Waals surface area contributed by atoms with E-state index in [1.807, 2.05) is 0 Å². The van der Waals surface area contributed by atoms with Crippen molar-refractivity contribution < 1.29 is 47.9 Å². The maximum Gasteiger partial charge on any atom is 0.370 e. The fraction of sp³-hybridized carbons (Fsp3) is 0.273. The van der Waals surface area contributed by atoms with Gasteiger partial charge in [0.15, 0.2) is 13.2 Å². The van der Waals surface area contributed by atoms with Crippen LogP contribution in [0.2, 0.25) is 0 Å². The van der Waals surface area contributed by atoms with Crippen molar-refractivity contribution in [2.24, 2.45) is 0 Å². The van der Waals surface area contributed by atoms with Crippen molar-refractivity contribution >= 4 is 46.3 Å². The van der Waals surface area contributed by atoms with Gasteiger partial charge in [0.05, 0.1) is 0 Å². The first kappa shape index (κ1) is 22.7. The fourth-order valence-electron chi connectivity index (χ4n) is 3.30. The largest absolute Gasteiger partial charge is 0.482 e. The lowest BCUT2D eigenvalue weighted by Gasteiger charge is -2.14. The molecular formula is C22H18N2O10. The van der Waals surface area contributed by atoms with Gasteiger partial charge in [0.25, 0.3) is 23.6 Å². The average molecular weight is 470 g/mol. The molecule has 0 unspecified atom stereocenters. The van der Waals surface area contributed by atoms with Crippen LogP contribution < -0.4 is 9.47 Å². The second kappa shape index (κ2) is 9.57. The van der Waals surface area contributed by atoms with Crippen LogP contribution in [0.25, 0.3) is 10.8 Å². The number of carbonyl (C=O) groups is 6. The summed E-state index contributed by atoms with van der Waals surface area (Å²) >= 11 is 0. The summed E-state index contributed by atoms with van der Waals surface area (Å²) < 4.78 is 10.9. The van der Waals surface area contributed by atoms with Gasteiger partial charge in [-0.05, 0) is 29.7 Å². The van der Waals surface area contributed by atoms with Crippen LogP contribution in [0, 0.1) is 0 Å². The Balaban J connectivity index is 1.34. The molecule has 0 spiro atoms. The van der Waals surface area contributed by atoms with Crippen LogP contribution in [0.5, 0.6) is 11.5 Å². The van der Waals surface area contributed by atoms with Crippen LogP contribution in [0.3, 0.4) is 0 Å². The molecule has 12 nitrogen and oxygen atoms in total. The second-order valence-electron chi connectivity index (χ2n) is 7.31. The van der Waals surface area contributed by atoms with Gasteiger partial charge in [-0.25, -0.2) is 9.59 Å². The Labute approximate surface area is 191 Å². The summed E-state index contributed by atoms with van der Waals surface area (Å²) in [5.41, 5.74) is 0. The first-order valence-corrected chi connectivity index (χ1v) is 10.2. The molecule has 2 aliphatic heterocycles. The molecule has 2 fully saturated rings. The van der Waals surface area contributed by atoms with E-state index in [1.54, 1.807) is 36.4 Å². The minimum absolute atomic E-state index is 0.00568. The number of carbonyl (C=O) groups excluding carboxylic acids is 6. The zero-order chi connectivity index (χ0) is 24.2. The standard InChI is InChI=1S/C22H18N2O10/c25-17-6-7-18(26)23(17)33-21(29)11-31-14-4-5-15-13(10-14)2-1-3-16(15)32-12-22(30)34-24-19(27)8-9-20(24)28/h1-5,10H,6-9,11-12H2. The van der Waals surface area contributed by atoms with Gasteiger partial charge in [0, 0.05) is 31.1 Å². The number of rotatable bonds is 8. The molecule has 0 aliphatic carbocycles. The number of hydrogen-bond acceptors (Lipinski definition) is 10. The van der Waals surface area contributed by atoms with Gasteiger partial charge in [-0.3, -0.25) is 19.2 Å². The Morgan fingerprint density at radius 2 is 1.24 bits per heavy atom. The number of imide groups is 2. The summed E-state index contributed by atoms with van der Waals surface area (Å²) in [6.45, 7) is -1.06. The van der Waals surface area contributed by atoms with Gasteiger partial charge in [-0.2, -0.15) is 0 Å². The third kappa shape index (κ3) is 4.95. The highest BCUT2D eigenvalue weighted by Crippen LogP contribution is 2.29. The number of fused-ring (bicyclic) bond motifs is 1. The highest BCUT2D eigenvalue weighted by molar-refractivity contribution is 6.02. The van der Waals surface area contributed by atoms with Crippen LogP contribution in [0.1, 0.15) is 25.7 Å². The van der Waals surface area contributed by atoms with Crippen LogP contribution in [0.15, 0.2) is 36.4 Å². The molecule has 2 aliphatic rings. The molecule has 4 rings (SSSR count). The van der Waals surface area contributed by atoms with E-state index in [9.17, 15) is 28.8 Å². The normalized spacial score (nSPS) is 15.8. The molecule has 0 saturated carbocycles. The predicted octanol–water partition coefficient (Wildman–Crippen LogP) is 0.812. The molecule has 0 atom stereocenters. The SMILES string of the molecule is O=C(COc1ccc2c(OCC(=O)ON3C(=O)CCC3=O)cccc2c1)ON1C(=O)CCC1=O. The number of nitrogens with zero attached hydrogens (tertiary/aromatic N) is 2. The van der Waals surface area contributed by atoms with E-state index in [2.05, 4.69) is 0 Å². The molecule has 34 heavy (non-hydrogen) atoms. The van der Waals surface area contributed by atoms with E-state index < -0.39 is 48.8 Å². The van der Waals surface area contributed by atoms with Crippen molar-refractivity contribution in [3.63, 3.8) is 0 Å².